The lowest BCUT2D eigenvalue weighted by Gasteiger charge is -2.38. The molecule has 0 atom stereocenters. The van der Waals surface area contributed by atoms with E-state index in [4.69, 9.17) is 4.74 Å². The predicted octanol–water partition coefficient (Wildman–Crippen LogP) is 3.69. The zero-order chi connectivity index (χ0) is 25.7. The monoisotopic (exact) mass is 499 g/mol. The molecule has 0 radical (unpaired) electrons. The third-order valence-corrected chi connectivity index (χ3v) is 6.68. The van der Waals surface area contributed by atoms with E-state index in [0.29, 0.717) is 28.4 Å². The van der Waals surface area contributed by atoms with Gasteiger partial charge in [0.15, 0.2) is 0 Å². The summed E-state index contributed by atoms with van der Waals surface area (Å²) in [5.41, 5.74) is 1.99. The van der Waals surface area contributed by atoms with E-state index in [9.17, 15) is 14.0 Å². The van der Waals surface area contributed by atoms with Crippen molar-refractivity contribution in [2.24, 2.45) is 0 Å². The molecule has 6 rings (SSSR count). The predicted molar refractivity (Wildman–Crippen MR) is 140 cm³/mol. The summed E-state index contributed by atoms with van der Waals surface area (Å²) >= 11 is 0. The van der Waals surface area contributed by atoms with Crippen LogP contribution in [0.25, 0.3) is 21.8 Å². The van der Waals surface area contributed by atoms with Gasteiger partial charge in [0.25, 0.3) is 11.1 Å². The summed E-state index contributed by atoms with van der Waals surface area (Å²) in [7, 11) is 0. The van der Waals surface area contributed by atoms with Crippen LogP contribution in [0.15, 0.2) is 89.0 Å². The summed E-state index contributed by atoms with van der Waals surface area (Å²) in [6.45, 7) is 2.60. The highest BCUT2D eigenvalue weighted by atomic mass is 19.1. The van der Waals surface area contributed by atoms with Crippen molar-refractivity contribution in [2.75, 3.05) is 19.7 Å². The van der Waals surface area contributed by atoms with Crippen LogP contribution in [0.4, 0.5) is 4.39 Å². The number of halogens is 1. The summed E-state index contributed by atoms with van der Waals surface area (Å²) in [6.07, 6.45) is 4.77. The SMILES string of the molecule is O=c1[nH]cnc2cc(F)ccc12.O=c1[nH]cnc2cc(OCC3(c4ccccc4)CCNCC3)ccc12. The lowest BCUT2D eigenvalue weighted by Crippen LogP contribution is -2.43. The van der Waals surface area contributed by atoms with E-state index in [1.807, 2.05) is 18.2 Å². The standard InChI is InChI=1S/C20H21N3O2.C8H5FN2O/c24-19-17-7-6-16(12-18(17)22-14-23-19)25-13-20(8-10-21-11-9-20)15-4-2-1-3-5-15;9-5-1-2-6-7(3-5)10-4-11-8(6)12/h1-7,12,14,21H,8-11,13H2,(H,22,23,24);1-4H,(H,10,11,12). The summed E-state index contributed by atoms with van der Waals surface area (Å²) in [5.74, 6) is 0.361. The number of fused-ring (bicyclic) bond motifs is 2. The minimum absolute atomic E-state index is 0.0169. The Hall–Kier alpha value is -4.37. The van der Waals surface area contributed by atoms with Gasteiger partial charge in [-0.3, -0.25) is 9.59 Å². The number of rotatable bonds is 4. The Kier molecular flexibility index (Phi) is 7.04. The van der Waals surface area contributed by atoms with E-state index in [0.717, 1.165) is 31.7 Å². The fourth-order valence-corrected chi connectivity index (χ4v) is 4.61. The first-order valence-electron chi connectivity index (χ1n) is 12.0. The van der Waals surface area contributed by atoms with Crippen molar-refractivity contribution in [2.45, 2.75) is 18.3 Å². The minimum atomic E-state index is -0.388. The molecule has 5 aromatic rings. The molecular weight excluding hydrogens is 473 g/mol. The molecule has 37 heavy (non-hydrogen) atoms. The number of benzene rings is 3. The van der Waals surface area contributed by atoms with Crippen molar-refractivity contribution < 1.29 is 9.13 Å². The van der Waals surface area contributed by atoms with Crippen LogP contribution in [0.2, 0.25) is 0 Å². The number of H-pyrrole nitrogens is 2. The molecule has 0 saturated carbocycles. The first-order chi connectivity index (χ1) is 18.0. The van der Waals surface area contributed by atoms with Gasteiger partial charge in [-0.2, -0.15) is 0 Å². The number of nitrogens with one attached hydrogen (secondary N) is 3. The normalized spacial score (nSPS) is 14.6. The van der Waals surface area contributed by atoms with Crippen molar-refractivity contribution in [3.05, 3.63) is 111 Å². The maximum absolute atomic E-state index is 12.6. The molecular formula is C28H26FN5O3. The third kappa shape index (κ3) is 5.41. The van der Waals surface area contributed by atoms with Crippen molar-refractivity contribution >= 4 is 21.8 Å². The van der Waals surface area contributed by atoms with Crippen LogP contribution in [0.5, 0.6) is 5.75 Å². The van der Waals surface area contributed by atoms with Gasteiger partial charge in [0.05, 0.1) is 41.1 Å². The fraction of sp³-hybridized carbons (Fsp3) is 0.214. The van der Waals surface area contributed by atoms with Crippen LogP contribution in [0.3, 0.4) is 0 Å². The topological polar surface area (TPSA) is 113 Å². The van der Waals surface area contributed by atoms with Gasteiger partial charge in [0, 0.05) is 17.5 Å². The Morgan fingerprint density at radius 2 is 1.43 bits per heavy atom. The Labute approximate surface area is 211 Å². The zero-order valence-electron chi connectivity index (χ0n) is 20.0. The highest BCUT2D eigenvalue weighted by Gasteiger charge is 2.34. The molecule has 0 aliphatic carbocycles. The van der Waals surface area contributed by atoms with Crippen molar-refractivity contribution in [3.8, 4) is 5.75 Å². The first-order valence-corrected chi connectivity index (χ1v) is 12.0. The number of piperidine rings is 1. The molecule has 1 aliphatic rings. The molecule has 3 N–H and O–H groups in total. The molecule has 9 heteroatoms. The Morgan fingerprint density at radius 1 is 0.811 bits per heavy atom. The number of aromatic nitrogens is 4. The van der Waals surface area contributed by atoms with E-state index in [-0.39, 0.29) is 22.4 Å². The van der Waals surface area contributed by atoms with Crippen LogP contribution >= 0.6 is 0 Å². The number of hydrogen-bond donors (Lipinski definition) is 3. The van der Waals surface area contributed by atoms with Crippen LogP contribution in [-0.2, 0) is 5.41 Å². The molecule has 8 nitrogen and oxygen atoms in total. The van der Waals surface area contributed by atoms with Crippen molar-refractivity contribution in [1.29, 1.82) is 0 Å². The summed E-state index contributed by atoms with van der Waals surface area (Å²) in [4.78, 5) is 35.9. The summed E-state index contributed by atoms with van der Waals surface area (Å²) < 4.78 is 18.8. The highest BCUT2D eigenvalue weighted by molar-refractivity contribution is 5.78. The number of hydrogen-bond acceptors (Lipinski definition) is 6. The second-order valence-electron chi connectivity index (χ2n) is 8.99. The third-order valence-electron chi connectivity index (χ3n) is 6.68. The van der Waals surface area contributed by atoms with Crippen molar-refractivity contribution in [1.82, 2.24) is 25.3 Å². The van der Waals surface area contributed by atoms with Crippen LogP contribution in [0.1, 0.15) is 18.4 Å². The molecule has 0 unspecified atom stereocenters. The molecule has 2 aromatic heterocycles. The first kappa shape index (κ1) is 24.3. The maximum Gasteiger partial charge on any atom is 0.258 e. The zero-order valence-corrected chi connectivity index (χ0v) is 20.0. The summed E-state index contributed by atoms with van der Waals surface area (Å²) in [6, 6.07) is 19.9. The van der Waals surface area contributed by atoms with Gasteiger partial charge in [-0.1, -0.05) is 30.3 Å². The average Bonchev–Trinajstić information content (AvgIpc) is 2.93. The van der Waals surface area contributed by atoms with Gasteiger partial charge < -0.3 is 20.0 Å². The van der Waals surface area contributed by atoms with Crippen LogP contribution in [-0.4, -0.2) is 39.6 Å². The van der Waals surface area contributed by atoms with E-state index >= 15 is 0 Å². The second kappa shape index (κ2) is 10.7. The van der Waals surface area contributed by atoms with Gasteiger partial charge in [0.1, 0.15) is 11.6 Å². The molecule has 1 fully saturated rings. The lowest BCUT2D eigenvalue weighted by atomic mass is 9.74. The Balaban J connectivity index is 0.000000195. The molecule has 1 aliphatic heterocycles. The van der Waals surface area contributed by atoms with Crippen LogP contribution < -0.4 is 21.2 Å². The molecule has 188 valence electrons. The van der Waals surface area contributed by atoms with Crippen LogP contribution in [0, 0.1) is 5.82 Å². The quantitative estimate of drug-likeness (QED) is 0.348. The van der Waals surface area contributed by atoms with Gasteiger partial charge in [-0.25, -0.2) is 14.4 Å². The van der Waals surface area contributed by atoms with Crippen molar-refractivity contribution in [3.63, 3.8) is 0 Å². The van der Waals surface area contributed by atoms with E-state index in [1.54, 1.807) is 6.07 Å². The number of nitrogens with zero attached hydrogens (tertiary/aromatic N) is 2. The molecule has 0 amide bonds. The van der Waals surface area contributed by atoms with E-state index in [2.05, 4.69) is 49.5 Å². The molecule has 1 saturated heterocycles. The Bertz CT molecular complexity index is 1630. The number of aromatic amines is 2. The van der Waals surface area contributed by atoms with E-state index in [1.165, 1.54) is 36.4 Å². The Morgan fingerprint density at radius 3 is 2.11 bits per heavy atom. The number of ether oxygens (including phenoxy) is 1. The fourth-order valence-electron chi connectivity index (χ4n) is 4.61. The summed E-state index contributed by atoms with van der Waals surface area (Å²) in [5, 5.41) is 4.41. The largest absolute Gasteiger partial charge is 0.493 e. The van der Waals surface area contributed by atoms with Gasteiger partial charge >= 0.3 is 0 Å². The second-order valence-corrected chi connectivity index (χ2v) is 8.99. The average molecular weight is 500 g/mol. The van der Waals surface area contributed by atoms with Gasteiger partial charge in [-0.15, -0.1) is 0 Å². The molecule has 0 bridgehead atoms. The smallest absolute Gasteiger partial charge is 0.258 e. The minimum Gasteiger partial charge on any atom is -0.493 e. The van der Waals surface area contributed by atoms with E-state index < -0.39 is 0 Å². The molecule has 0 spiro atoms. The van der Waals surface area contributed by atoms with Gasteiger partial charge in [-0.05, 0) is 55.8 Å². The maximum atomic E-state index is 12.6. The molecule has 3 heterocycles. The molecule has 3 aromatic carbocycles. The van der Waals surface area contributed by atoms with Gasteiger partial charge in [0.2, 0.25) is 0 Å². The highest BCUT2D eigenvalue weighted by Crippen LogP contribution is 2.34. The lowest BCUT2D eigenvalue weighted by molar-refractivity contribution is 0.176.